The maximum absolute atomic E-state index is 14.1. The van der Waals surface area contributed by atoms with Crippen LogP contribution in [0.25, 0.3) is 0 Å². The summed E-state index contributed by atoms with van der Waals surface area (Å²) in [7, 11) is 1.82. The van der Waals surface area contributed by atoms with Crippen LogP contribution in [0.15, 0.2) is 6.20 Å². The highest BCUT2D eigenvalue weighted by molar-refractivity contribution is 5.99. The molecule has 2 aliphatic carbocycles. The Morgan fingerprint density at radius 1 is 1.14 bits per heavy atom. The van der Waals surface area contributed by atoms with Crippen LogP contribution >= 0.6 is 0 Å². The van der Waals surface area contributed by atoms with E-state index in [0.29, 0.717) is 31.0 Å². The zero-order valence-electron chi connectivity index (χ0n) is 21.7. The number of ether oxygens (including phenoxy) is 1. The molecule has 1 spiro atoms. The van der Waals surface area contributed by atoms with Gasteiger partial charge < -0.3 is 15.0 Å². The SMILES string of the molecule is Cc1nn(C)cc1NC(=O)[C@H]1CC2(CC2)CN1C(=O)[C@H]1C[C@@H]2CCCC[C@@H]2N1C(=O)OC(C)(C)C. The van der Waals surface area contributed by atoms with Gasteiger partial charge in [-0.05, 0) is 77.6 Å². The van der Waals surface area contributed by atoms with Gasteiger partial charge in [-0.3, -0.25) is 19.2 Å². The average molecular weight is 486 g/mol. The van der Waals surface area contributed by atoms with Gasteiger partial charge in [0.1, 0.15) is 17.7 Å². The summed E-state index contributed by atoms with van der Waals surface area (Å²) in [5.41, 5.74) is 0.828. The predicted octanol–water partition coefficient (Wildman–Crippen LogP) is 3.62. The van der Waals surface area contributed by atoms with E-state index in [1.807, 2.05) is 34.7 Å². The Morgan fingerprint density at radius 3 is 2.49 bits per heavy atom. The van der Waals surface area contributed by atoms with Gasteiger partial charge in [0.2, 0.25) is 11.8 Å². The Bertz CT molecular complexity index is 1020. The molecule has 4 atom stereocenters. The van der Waals surface area contributed by atoms with Gasteiger partial charge in [0.15, 0.2) is 0 Å². The van der Waals surface area contributed by atoms with Crippen LogP contribution in [-0.4, -0.2) is 67.8 Å². The Morgan fingerprint density at radius 2 is 1.86 bits per heavy atom. The number of aryl methyl sites for hydroxylation is 2. The van der Waals surface area contributed by atoms with Gasteiger partial charge in [-0.15, -0.1) is 0 Å². The normalized spacial score (nSPS) is 29.3. The molecule has 0 unspecified atom stereocenters. The van der Waals surface area contributed by atoms with Crippen LogP contribution in [-0.2, 0) is 21.4 Å². The molecule has 4 aliphatic rings. The Labute approximate surface area is 207 Å². The van der Waals surface area contributed by atoms with Gasteiger partial charge in [0.25, 0.3) is 0 Å². The van der Waals surface area contributed by atoms with Crippen LogP contribution in [0.2, 0.25) is 0 Å². The minimum atomic E-state index is -0.632. The van der Waals surface area contributed by atoms with E-state index in [0.717, 1.165) is 44.2 Å². The molecular formula is C26H39N5O4. The molecular weight excluding hydrogens is 446 g/mol. The van der Waals surface area contributed by atoms with Crippen LogP contribution < -0.4 is 5.32 Å². The third-order valence-electron chi connectivity index (χ3n) is 8.30. The topological polar surface area (TPSA) is 96.8 Å². The summed E-state index contributed by atoms with van der Waals surface area (Å²) in [5, 5.41) is 7.32. The van der Waals surface area contributed by atoms with Crippen LogP contribution in [0, 0.1) is 18.3 Å². The van der Waals surface area contributed by atoms with Gasteiger partial charge >= 0.3 is 6.09 Å². The molecule has 3 heterocycles. The van der Waals surface area contributed by atoms with E-state index in [4.69, 9.17) is 4.74 Å². The number of hydrogen-bond acceptors (Lipinski definition) is 5. The minimum Gasteiger partial charge on any atom is -0.444 e. The maximum Gasteiger partial charge on any atom is 0.411 e. The van der Waals surface area contributed by atoms with E-state index in [2.05, 4.69) is 10.4 Å². The molecule has 192 valence electrons. The number of hydrogen-bond donors (Lipinski definition) is 1. The van der Waals surface area contributed by atoms with E-state index in [1.54, 1.807) is 20.7 Å². The molecule has 35 heavy (non-hydrogen) atoms. The Kier molecular flexibility index (Phi) is 5.87. The number of amides is 3. The van der Waals surface area contributed by atoms with Gasteiger partial charge in [0.05, 0.1) is 11.4 Å². The number of nitrogens with zero attached hydrogens (tertiary/aromatic N) is 4. The van der Waals surface area contributed by atoms with Crippen LogP contribution in [0.1, 0.15) is 77.8 Å². The molecule has 9 heteroatoms. The zero-order chi connectivity index (χ0) is 25.1. The third kappa shape index (κ3) is 4.66. The van der Waals surface area contributed by atoms with Gasteiger partial charge in [-0.25, -0.2) is 4.79 Å². The van der Waals surface area contributed by atoms with Crippen molar-refractivity contribution in [1.82, 2.24) is 19.6 Å². The predicted molar refractivity (Wildman–Crippen MR) is 131 cm³/mol. The summed E-state index contributed by atoms with van der Waals surface area (Å²) in [6, 6.07) is -1.06. The summed E-state index contributed by atoms with van der Waals surface area (Å²) in [6.45, 7) is 8.01. The van der Waals surface area contributed by atoms with Crippen molar-refractivity contribution in [2.45, 2.75) is 103 Å². The van der Waals surface area contributed by atoms with Crippen molar-refractivity contribution in [3.8, 4) is 0 Å². The van der Waals surface area contributed by atoms with Crippen molar-refractivity contribution in [3.63, 3.8) is 0 Å². The monoisotopic (exact) mass is 485 g/mol. The molecule has 3 amide bonds. The largest absolute Gasteiger partial charge is 0.444 e. The first-order chi connectivity index (χ1) is 16.5. The molecule has 0 bridgehead atoms. The fourth-order valence-corrected chi connectivity index (χ4v) is 6.45. The van der Waals surface area contributed by atoms with Gasteiger partial charge in [-0.1, -0.05) is 12.8 Å². The summed E-state index contributed by atoms with van der Waals surface area (Å²) < 4.78 is 7.43. The average Bonchev–Trinajstić information content (AvgIpc) is 3.10. The lowest BCUT2D eigenvalue weighted by atomic mass is 9.84. The van der Waals surface area contributed by atoms with E-state index in [9.17, 15) is 14.4 Å². The van der Waals surface area contributed by atoms with Crippen LogP contribution in [0.5, 0.6) is 0 Å². The number of aromatic nitrogens is 2. The number of carbonyl (C=O) groups is 3. The lowest BCUT2D eigenvalue weighted by Gasteiger charge is -2.36. The molecule has 2 saturated heterocycles. The van der Waals surface area contributed by atoms with Crippen LogP contribution in [0.4, 0.5) is 10.5 Å². The summed E-state index contributed by atoms with van der Waals surface area (Å²) in [5.74, 6) is 0.0441. The molecule has 0 radical (unpaired) electrons. The molecule has 4 fully saturated rings. The number of rotatable bonds is 3. The summed E-state index contributed by atoms with van der Waals surface area (Å²) in [6.07, 6.45) is 8.92. The highest BCUT2D eigenvalue weighted by atomic mass is 16.6. The van der Waals surface area contributed by atoms with Crippen molar-refractivity contribution in [1.29, 1.82) is 0 Å². The Balaban J connectivity index is 1.39. The molecule has 2 aliphatic heterocycles. The van der Waals surface area contributed by atoms with E-state index < -0.39 is 23.8 Å². The zero-order valence-corrected chi connectivity index (χ0v) is 21.7. The first-order valence-electron chi connectivity index (χ1n) is 13.1. The highest BCUT2D eigenvalue weighted by Crippen LogP contribution is 2.55. The second-order valence-electron chi connectivity index (χ2n) is 12.2. The smallest absolute Gasteiger partial charge is 0.411 e. The molecule has 5 rings (SSSR count). The third-order valence-corrected chi connectivity index (χ3v) is 8.30. The lowest BCUT2D eigenvalue weighted by molar-refractivity contribution is -0.140. The first kappa shape index (κ1) is 24.1. The van der Waals surface area contributed by atoms with E-state index in [-0.39, 0.29) is 23.3 Å². The number of fused-ring (bicyclic) bond motifs is 1. The number of nitrogens with one attached hydrogen (secondary N) is 1. The standard InChI is InChI=1S/C26H39N5O4/c1-16-18(14-29(5)28-16)27-22(32)21-13-26(10-11-26)15-30(21)23(33)20-12-17-8-6-7-9-19(17)31(20)24(34)35-25(2,3)4/h14,17,19-21H,6-13,15H2,1-5H3,(H,27,32)/t17-,19-,20+,21+/m0/s1. The summed E-state index contributed by atoms with van der Waals surface area (Å²) >= 11 is 0. The lowest BCUT2D eigenvalue weighted by Crippen LogP contribution is -2.54. The fourth-order valence-electron chi connectivity index (χ4n) is 6.45. The van der Waals surface area contributed by atoms with Crippen LogP contribution in [0.3, 0.4) is 0 Å². The van der Waals surface area contributed by atoms with Gasteiger partial charge in [0, 0.05) is 25.8 Å². The summed E-state index contributed by atoms with van der Waals surface area (Å²) in [4.78, 5) is 44.4. The second-order valence-corrected chi connectivity index (χ2v) is 12.2. The maximum atomic E-state index is 14.1. The highest BCUT2D eigenvalue weighted by Gasteiger charge is 2.58. The van der Waals surface area contributed by atoms with E-state index in [1.165, 1.54) is 0 Å². The fraction of sp³-hybridized carbons (Fsp3) is 0.769. The molecule has 1 N–H and O–H groups in total. The van der Waals surface area contributed by atoms with Gasteiger partial charge in [-0.2, -0.15) is 5.10 Å². The minimum absolute atomic E-state index is 0.0374. The first-order valence-corrected chi connectivity index (χ1v) is 13.1. The molecule has 1 aromatic heterocycles. The van der Waals surface area contributed by atoms with Crippen molar-refractivity contribution in [3.05, 3.63) is 11.9 Å². The molecule has 1 aromatic rings. The number of anilines is 1. The molecule has 0 aromatic carbocycles. The second kappa shape index (κ2) is 8.52. The van der Waals surface area contributed by atoms with Crippen molar-refractivity contribution in [2.75, 3.05) is 11.9 Å². The molecule has 2 saturated carbocycles. The molecule has 9 nitrogen and oxygen atoms in total. The number of likely N-dealkylation sites (tertiary alicyclic amines) is 2. The Hall–Kier alpha value is -2.58. The van der Waals surface area contributed by atoms with Crippen molar-refractivity contribution < 1.29 is 19.1 Å². The van der Waals surface area contributed by atoms with Crippen molar-refractivity contribution >= 4 is 23.6 Å². The van der Waals surface area contributed by atoms with E-state index >= 15 is 0 Å². The van der Waals surface area contributed by atoms with Crippen molar-refractivity contribution in [2.24, 2.45) is 18.4 Å². The quantitative estimate of drug-likeness (QED) is 0.705. The number of carbonyl (C=O) groups excluding carboxylic acids is 3.